The van der Waals surface area contributed by atoms with Crippen molar-refractivity contribution in [3.63, 3.8) is 0 Å². The summed E-state index contributed by atoms with van der Waals surface area (Å²) in [6, 6.07) is 2.45. The van der Waals surface area contributed by atoms with E-state index in [2.05, 4.69) is 0 Å². The van der Waals surface area contributed by atoms with Gasteiger partial charge >= 0.3 is 5.97 Å². The van der Waals surface area contributed by atoms with E-state index in [-0.39, 0.29) is 22.6 Å². The van der Waals surface area contributed by atoms with Crippen molar-refractivity contribution >= 4 is 16.9 Å². The van der Waals surface area contributed by atoms with Gasteiger partial charge in [-0.25, -0.2) is 4.79 Å². The Labute approximate surface area is 212 Å². The number of hydrogen-bond acceptors (Lipinski definition) is 11. The molecule has 0 radical (unpaired) electrons. The number of benzene rings is 1. The lowest BCUT2D eigenvalue weighted by Gasteiger charge is -2.40. The maximum Gasteiger partial charge on any atom is 0.333 e. The Kier molecular flexibility index (Phi) is 7.63. The first-order valence-electron chi connectivity index (χ1n) is 12.1. The van der Waals surface area contributed by atoms with Crippen molar-refractivity contribution in [1.29, 1.82) is 0 Å². The molecule has 5 N–H and O–H groups in total. The Morgan fingerprint density at radius 1 is 1.16 bits per heavy atom. The normalized spacial score (nSPS) is 28.6. The molecule has 1 fully saturated rings. The standard InChI is InChI=1S/C26H32O11/c1-12-10-34-17-9-15(8-16(27)19(17)20(12)28)36-25-23(31)22(30)21(29)18(37-25)11-35-24(32)13-4-6-14(7-5-13)26(2,3)33/h4,8-10,14,18,21-23,25,27,29-31,33H,5-7,11H2,1-3H3/t14-,18+,21+,22-,23+,25-/m0/s1. The largest absolute Gasteiger partial charge is 0.507 e. The van der Waals surface area contributed by atoms with E-state index in [1.54, 1.807) is 26.8 Å². The number of carbonyl (C=O) groups excluding carboxylic acids is 1. The van der Waals surface area contributed by atoms with E-state index in [9.17, 15) is 35.1 Å². The van der Waals surface area contributed by atoms with E-state index in [1.165, 1.54) is 12.3 Å². The quantitative estimate of drug-likeness (QED) is 0.344. The topological polar surface area (TPSA) is 176 Å². The van der Waals surface area contributed by atoms with E-state index in [0.717, 1.165) is 6.07 Å². The van der Waals surface area contributed by atoms with Gasteiger partial charge in [0, 0.05) is 23.3 Å². The molecule has 2 aromatic rings. The first kappa shape index (κ1) is 27.1. The predicted octanol–water partition coefficient (Wildman–Crippen LogP) is 1.03. The number of phenols is 1. The summed E-state index contributed by atoms with van der Waals surface area (Å²) >= 11 is 0. The average molecular weight is 521 g/mol. The molecule has 1 aliphatic heterocycles. The zero-order valence-electron chi connectivity index (χ0n) is 20.8. The molecule has 0 amide bonds. The lowest BCUT2D eigenvalue weighted by Crippen LogP contribution is -2.60. The van der Waals surface area contributed by atoms with Crippen LogP contribution in [0.2, 0.25) is 0 Å². The number of aliphatic hydroxyl groups excluding tert-OH is 3. The molecule has 1 aromatic carbocycles. The number of carbonyl (C=O) groups is 1. The van der Waals surface area contributed by atoms with Gasteiger partial charge in [-0.05, 0) is 46.0 Å². The fraction of sp³-hybridized carbons (Fsp3) is 0.538. The van der Waals surface area contributed by atoms with E-state index >= 15 is 0 Å². The second-order valence-corrected chi connectivity index (χ2v) is 10.1. The molecule has 11 nitrogen and oxygen atoms in total. The number of phenolic OH excluding ortho intramolecular Hbond substituents is 1. The van der Waals surface area contributed by atoms with Crippen molar-refractivity contribution in [2.45, 2.75) is 76.3 Å². The monoisotopic (exact) mass is 520 g/mol. The van der Waals surface area contributed by atoms with Gasteiger partial charge in [0.1, 0.15) is 53.5 Å². The van der Waals surface area contributed by atoms with Gasteiger partial charge in [-0.1, -0.05) is 6.08 Å². The van der Waals surface area contributed by atoms with Crippen molar-refractivity contribution in [3.05, 3.63) is 45.8 Å². The Bertz CT molecular complexity index is 1240. The smallest absolute Gasteiger partial charge is 0.333 e. The third-order valence-corrected chi connectivity index (χ3v) is 6.97. The van der Waals surface area contributed by atoms with Gasteiger partial charge in [0.25, 0.3) is 0 Å². The van der Waals surface area contributed by atoms with Crippen LogP contribution >= 0.6 is 0 Å². The first-order valence-corrected chi connectivity index (χ1v) is 12.1. The molecule has 2 heterocycles. The summed E-state index contributed by atoms with van der Waals surface area (Å²) in [6.45, 7) is 4.57. The minimum absolute atomic E-state index is 0.0219. The van der Waals surface area contributed by atoms with Crippen LogP contribution in [-0.2, 0) is 14.3 Å². The van der Waals surface area contributed by atoms with Gasteiger partial charge in [-0.15, -0.1) is 0 Å². The molecule has 2 aliphatic rings. The molecule has 1 aliphatic carbocycles. The molecule has 6 atom stereocenters. The number of fused-ring (bicyclic) bond motifs is 1. The second-order valence-electron chi connectivity index (χ2n) is 10.1. The van der Waals surface area contributed by atoms with Crippen molar-refractivity contribution in [1.82, 2.24) is 0 Å². The third-order valence-electron chi connectivity index (χ3n) is 6.97. The molecule has 0 bridgehead atoms. The molecule has 11 heteroatoms. The van der Waals surface area contributed by atoms with Crippen LogP contribution in [0.4, 0.5) is 0 Å². The lowest BCUT2D eigenvalue weighted by molar-refractivity contribution is -0.278. The molecule has 37 heavy (non-hydrogen) atoms. The van der Waals surface area contributed by atoms with Gasteiger partial charge in [0.2, 0.25) is 6.29 Å². The number of aryl methyl sites for hydroxylation is 1. The van der Waals surface area contributed by atoms with Gasteiger partial charge in [0.15, 0.2) is 5.43 Å². The highest BCUT2D eigenvalue weighted by molar-refractivity contribution is 5.88. The van der Waals surface area contributed by atoms with Crippen LogP contribution in [0, 0.1) is 12.8 Å². The maximum absolute atomic E-state index is 12.5. The minimum Gasteiger partial charge on any atom is -0.507 e. The number of esters is 1. The van der Waals surface area contributed by atoms with Crippen molar-refractivity contribution in [2.75, 3.05) is 6.61 Å². The first-order chi connectivity index (χ1) is 17.4. The van der Waals surface area contributed by atoms with E-state index < -0.39 is 60.1 Å². The summed E-state index contributed by atoms with van der Waals surface area (Å²) in [4.78, 5) is 24.8. The van der Waals surface area contributed by atoms with Crippen molar-refractivity contribution in [2.24, 2.45) is 5.92 Å². The number of hydrogen-bond donors (Lipinski definition) is 5. The Morgan fingerprint density at radius 2 is 1.89 bits per heavy atom. The Balaban J connectivity index is 1.43. The predicted molar refractivity (Wildman–Crippen MR) is 129 cm³/mol. The van der Waals surface area contributed by atoms with Crippen LogP contribution in [0.15, 0.2) is 39.3 Å². The SMILES string of the molecule is Cc1coc2cc(O[C@H]3O[C@H](COC(=O)C4=CC[C@H](C(C)(C)O)CC4)[C@@H](O)[C@H](O)[C@H]3O)cc(O)c2c1=O. The van der Waals surface area contributed by atoms with Crippen LogP contribution in [0.1, 0.15) is 38.7 Å². The number of aromatic hydroxyl groups is 1. The summed E-state index contributed by atoms with van der Waals surface area (Å²) in [6.07, 6.45) is -3.14. The minimum atomic E-state index is -1.68. The van der Waals surface area contributed by atoms with Crippen molar-refractivity contribution < 1.29 is 49.0 Å². The summed E-state index contributed by atoms with van der Waals surface area (Å²) in [5.74, 6) is -1.02. The van der Waals surface area contributed by atoms with Crippen molar-refractivity contribution in [3.8, 4) is 11.5 Å². The summed E-state index contributed by atoms with van der Waals surface area (Å²) in [5, 5.41) is 51.5. The van der Waals surface area contributed by atoms with Gasteiger partial charge in [0.05, 0.1) is 11.9 Å². The average Bonchev–Trinajstić information content (AvgIpc) is 2.85. The fourth-order valence-corrected chi connectivity index (χ4v) is 4.57. The fourth-order valence-electron chi connectivity index (χ4n) is 4.57. The van der Waals surface area contributed by atoms with Crippen LogP contribution < -0.4 is 10.2 Å². The molecule has 0 saturated carbocycles. The van der Waals surface area contributed by atoms with Crippen LogP contribution in [0.5, 0.6) is 11.5 Å². The molecule has 1 saturated heterocycles. The zero-order valence-corrected chi connectivity index (χ0v) is 20.8. The number of ether oxygens (including phenoxy) is 3. The summed E-state index contributed by atoms with van der Waals surface area (Å²) in [7, 11) is 0. The molecular weight excluding hydrogens is 488 g/mol. The lowest BCUT2D eigenvalue weighted by atomic mass is 9.79. The Morgan fingerprint density at radius 3 is 2.54 bits per heavy atom. The van der Waals surface area contributed by atoms with E-state index in [1.807, 2.05) is 0 Å². The summed E-state index contributed by atoms with van der Waals surface area (Å²) < 4.78 is 21.9. The van der Waals surface area contributed by atoms with Crippen LogP contribution in [-0.4, -0.2) is 74.4 Å². The van der Waals surface area contributed by atoms with Gasteiger partial charge in [-0.2, -0.15) is 0 Å². The van der Waals surface area contributed by atoms with Gasteiger partial charge in [-0.3, -0.25) is 4.79 Å². The number of allylic oxidation sites excluding steroid dienone is 1. The molecule has 0 unspecified atom stereocenters. The van der Waals surface area contributed by atoms with Gasteiger partial charge < -0.3 is 44.2 Å². The molecule has 0 spiro atoms. The van der Waals surface area contributed by atoms with Crippen LogP contribution in [0.25, 0.3) is 11.0 Å². The highest BCUT2D eigenvalue weighted by Gasteiger charge is 2.45. The number of aliphatic hydroxyl groups is 4. The molecular formula is C26H32O11. The second kappa shape index (κ2) is 10.4. The Hall–Kier alpha value is -2.96. The molecule has 1 aromatic heterocycles. The summed E-state index contributed by atoms with van der Waals surface area (Å²) in [5.41, 5.74) is -0.483. The highest BCUT2D eigenvalue weighted by atomic mass is 16.7. The zero-order chi connectivity index (χ0) is 27.1. The highest BCUT2D eigenvalue weighted by Crippen LogP contribution is 2.33. The third kappa shape index (κ3) is 5.65. The number of rotatable bonds is 6. The van der Waals surface area contributed by atoms with Crippen LogP contribution in [0.3, 0.4) is 0 Å². The van der Waals surface area contributed by atoms with E-state index in [0.29, 0.717) is 30.4 Å². The molecule has 4 rings (SSSR count). The maximum atomic E-state index is 12.5. The van der Waals surface area contributed by atoms with E-state index in [4.69, 9.17) is 18.6 Å². The molecule has 202 valence electrons.